The molecule has 0 saturated carbocycles. The lowest BCUT2D eigenvalue weighted by molar-refractivity contribution is 0.177. The van der Waals surface area contributed by atoms with Crippen molar-refractivity contribution in [3.8, 4) is 0 Å². The molecule has 1 rings (SSSR count). The lowest BCUT2D eigenvalue weighted by atomic mass is 10.1. The van der Waals surface area contributed by atoms with Gasteiger partial charge in [0.15, 0.2) is 0 Å². The first-order valence-corrected chi connectivity index (χ1v) is 4.72. The fourth-order valence-electron chi connectivity index (χ4n) is 1.34. The van der Waals surface area contributed by atoms with Crippen LogP contribution in [0.3, 0.4) is 0 Å². The minimum absolute atomic E-state index is 0.0143. The van der Waals surface area contributed by atoms with Crippen LogP contribution in [0, 0.1) is 5.82 Å². The van der Waals surface area contributed by atoms with Crippen molar-refractivity contribution in [1.29, 1.82) is 0 Å². The van der Waals surface area contributed by atoms with E-state index in [0.29, 0.717) is 13.0 Å². The zero-order valence-electron chi connectivity index (χ0n) is 8.37. The Morgan fingerprint density at radius 1 is 1.43 bits per heavy atom. The Balaban J connectivity index is 2.41. The molecule has 0 saturated heterocycles. The summed E-state index contributed by atoms with van der Waals surface area (Å²) in [6, 6.07) is 6.76. The fraction of sp³-hybridized carbons (Fsp3) is 0.455. The Morgan fingerprint density at radius 3 is 2.79 bits per heavy atom. The quantitative estimate of drug-likeness (QED) is 0.780. The maximum Gasteiger partial charge on any atom is 0.126 e. The van der Waals surface area contributed by atoms with Gasteiger partial charge in [-0.1, -0.05) is 18.2 Å². The summed E-state index contributed by atoms with van der Waals surface area (Å²) in [5.41, 5.74) is 6.46. The predicted molar refractivity (Wildman–Crippen MR) is 54.6 cm³/mol. The van der Waals surface area contributed by atoms with E-state index in [1.165, 1.54) is 6.07 Å². The van der Waals surface area contributed by atoms with E-state index in [9.17, 15) is 4.39 Å². The summed E-state index contributed by atoms with van der Waals surface area (Å²) < 4.78 is 18.1. The number of halogens is 1. The molecule has 1 aromatic carbocycles. The van der Waals surface area contributed by atoms with Crippen LogP contribution in [0.5, 0.6) is 0 Å². The maximum absolute atomic E-state index is 13.2. The van der Waals surface area contributed by atoms with Crippen molar-refractivity contribution in [1.82, 2.24) is 0 Å². The van der Waals surface area contributed by atoms with Crippen LogP contribution in [0.15, 0.2) is 24.3 Å². The van der Waals surface area contributed by atoms with Crippen LogP contribution in [-0.4, -0.2) is 19.8 Å². The molecule has 0 aliphatic heterocycles. The number of hydrogen-bond acceptors (Lipinski definition) is 2. The standard InChI is InChI=1S/C11H16FNO/c1-14-8-10(13)7-6-9-4-2-3-5-11(9)12/h2-5,10H,6-8,13H2,1H3. The molecular formula is C11H16FNO. The third kappa shape index (κ3) is 3.44. The second kappa shape index (κ2) is 5.73. The molecule has 78 valence electrons. The van der Waals surface area contributed by atoms with Crippen LogP contribution < -0.4 is 5.73 Å². The molecule has 0 amide bonds. The molecule has 1 atom stereocenters. The second-order valence-corrected chi connectivity index (χ2v) is 3.35. The molecule has 0 aromatic heterocycles. The summed E-state index contributed by atoms with van der Waals surface area (Å²) in [6.07, 6.45) is 1.41. The minimum Gasteiger partial charge on any atom is -0.383 e. The van der Waals surface area contributed by atoms with Gasteiger partial charge in [-0.25, -0.2) is 4.39 Å². The van der Waals surface area contributed by atoms with E-state index in [-0.39, 0.29) is 11.9 Å². The number of benzene rings is 1. The van der Waals surface area contributed by atoms with Gasteiger partial charge in [0.05, 0.1) is 6.61 Å². The summed E-state index contributed by atoms with van der Waals surface area (Å²) >= 11 is 0. The number of methoxy groups -OCH3 is 1. The van der Waals surface area contributed by atoms with E-state index in [2.05, 4.69) is 0 Å². The van der Waals surface area contributed by atoms with Gasteiger partial charge >= 0.3 is 0 Å². The van der Waals surface area contributed by atoms with Gasteiger partial charge < -0.3 is 10.5 Å². The van der Waals surface area contributed by atoms with Gasteiger partial charge in [0.1, 0.15) is 5.82 Å². The average Bonchev–Trinajstić information content (AvgIpc) is 2.17. The largest absolute Gasteiger partial charge is 0.383 e. The highest BCUT2D eigenvalue weighted by molar-refractivity contribution is 5.17. The average molecular weight is 197 g/mol. The monoisotopic (exact) mass is 197 g/mol. The molecule has 2 N–H and O–H groups in total. The third-order valence-electron chi connectivity index (χ3n) is 2.12. The molecule has 0 spiro atoms. The molecule has 2 nitrogen and oxygen atoms in total. The van der Waals surface area contributed by atoms with Crippen LogP contribution in [0.2, 0.25) is 0 Å². The zero-order chi connectivity index (χ0) is 10.4. The molecule has 1 aromatic rings. The molecular weight excluding hydrogens is 181 g/mol. The second-order valence-electron chi connectivity index (χ2n) is 3.35. The first-order chi connectivity index (χ1) is 6.74. The van der Waals surface area contributed by atoms with Gasteiger partial charge in [-0.15, -0.1) is 0 Å². The Kier molecular flexibility index (Phi) is 4.56. The summed E-state index contributed by atoms with van der Waals surface area (Å²) in [5.74, 6) is -0.155. The summed E-state index contributed by atoms with van der Waals surface area (Å²) in [7, 11) is 1.61. The summed E-state index contributed by atoms with van der Waals surface area (Å²) in [6.45, 7) is 0.522. The van der Waals surface area contributed by atoms with E-state index >= 15 is 0 Å². The van der Waals surface area contributed by atoms with Crippen LogP contribution >= 0.6 is 0 Å². The lowest BCUT2D eigenvalue weighted by Crippen LogP contribution is -2.26. The molecule has 0 bridgehead atoms. The SMILES string of the molecule is COCC(N)CCc1ccccc1F. The predicted octanol–water partition coefficient (Wildman–Crippen LogP) is 1.73. The van der Waals surface area contributed by atoms with Crippen molar-refractivity contribution in [3.05, 3.63) is 35.6 Å². The van der Waals surface area contributed by atoms with Crippen molar-refractivity contribution in [2.75, 3.05) is 13.7 Å². The van der Waals surface area contributed by atoms with Gasteiger partial charge in [0.2, 0.25) is 0 Å². The van der Waals surface area contributed by atoms with Gasteiger partial charge in [0.25, 0.3) is 0 Å². The van der Waals surface area contributed by atoms with E-state index in [1.807, 2.05) is 6.07 Å². The van der Waals surface area contributed by atoms with Crippen LogP contribution in [0.1, 0.15) is 12.0 Å². The Morgan fingerprint density at radius 2 is 2.14 bits per heavy atom. The van der Waals surface area contributed by atoms with Crippen molar-refractivity contribution in [2.24, 2.45) is 5.73 Å². The van der Waals surface area contributed by atoms with Crippen molar-refractivity contribution in [2.45, 2.75) is 18.9 Å². The summed E-state index contributed by atoms with van der Waals surface area (Å²) in [4.78, 5) is 0. The number of ether oxygens (including phenoxy) is 1. The molecule has 3 heteroatoms. The van der Waals surface area contributed by atoms with Crippen LogP contribution in [0.25, 0.3) is 0 Å². The van der Waals surface area contributed by atoms with Gasteiger partial charge in [-0.3, -0.25) is 0 Å². The van der Waals surface area contributed by atoms with Gasteiger partial charge in [-0.2, -0.15) is 0 Å². The minimum atomic E-state index is -0.155. The van der Waals surface area contributed by atoms with Crippen molar-refractivity contribution in [3.63, 3.8) is 0 Å². The number of aryl methyl sites for hydroxylation is 1. The van der Waals surface area contributed by atoms with Crippen LogP contribution in [0.4, 0.5) is 4.39 Å². The topological polar surface area (TPSA) is 35.2 Å². The number of rotatable bonds is 5. The zero-order valence-corrected chi connectivity index (χ0v) is 8.37. The Hall–Kier alpha value is -0.930. The Labute approximate surface area is 83.9 Å². The van der Waals surface area contributed by atoms with Gasteiger partial charge in [-0.05, 0) is 24.5 Å². The molecule has 0 heterocycles. The van der Waals surface area contributed by atoms with E-state index in [0.717, 1.165) is 12.0 Å². The molecule has 1 unspecified atom stereocenters. The smallest absolute Gasteiger partial charge is 0.126 e. The highest BCUT2D eigenvalue weighted by Gasteiger charge is 2.05. The van der Waals surface area contributed by atoms with E-state index < -0.39 is 0 Å². The van der Waals surface area contributed by atoms with Crippen molar-refractivity contribution < 1.29 is 9.13 Å². The maximum atomic E-state index is 13.2. The molecule has 0 aliphatic carbocycles. The highest BCUT2D eigenvalue weighted by atomic mass is 19.1. The Bertz CT molecular complexity index is 278. The molecule has 0 fully saturated rings. The van der Waals surface area contributed by atoms with Crippen LogP contribution in [-0.2, 0) is 11.2 Å². The van der Waals surface area contributed by atoms with E-state index in [4.69, 9.17) is 10.5 Å². The number of hydrogen-bond donors (Lipinski definition) is 1. The molecule has 0 radical (unpaired) electrons. The number of nitrogens with two attached hydrogens (primary N) is 1. The lowest BCUT2D eigenvalue weighted by Gasteiger charge is -2.10. The van der Waals surface area contributed by atoms with E-state index in [1.54, 1.807) is 19.2 Å². The molecule has 14 heavy (non-hydrogen) atoms. The normalized spacial score (nSPS) is 12.8. The fourth-order valence-corrected chi connectivity index (χ4v) is 1.34. The summed E-state index contributed by atoms with van der Waals surface area (Å²) in [5, 5.41) is 0. The molecule has 0 aliphatic rings. The van der Waals surface area contributed by atoms with Crippen molar-refractivity contribution >= 4 is 0 Å². The first-order valence-electron chi connectivity index (χ1n) is 4.72. The van der Waals surface area contributed by atoms with Gasteiger partial charge in [0, 0.05) is 13.2 Å². The highest BCUT2D eigenvalue weighted by Crippen LogP contribution is 2.09. The first kappa shape index (κ1) is 11.1. The third-order valence-corrected chi connectivity index (χ3v) is 2.12.